The van der Waals surface area contributed by atoms with Gasteiger partial charge in [0.2, 0.25) is 5.91 Å². The van der Waals surface area contributed by atoms with Gasteiger partial charge in [-0.05, 0) is 50.2 Å². The van der Waals surface area contributed by atoms with Crippen LogP contribution in [0.25, 0.3) is 0 Å². The van der Waals surface area contributed by atoms with Crippen molar-refractivity contribution in [3.63, 3.8) is 0 Å². The Kier molecular flexibility index (Phi) is 4.09. The van der Waals surface area contributed by atoms with Crippen LogP contribution >= 0.6 is 0 Å². The van der Waals surface area contributed by atoms with E-state index in [-0.39, 0.29) is 11.7 Å². The topological polar surface area (TPSA) is 32.3 Å². The highest BCUT2D eigenvalue weighted by Crippen LogP contribution is 2.10. The average Bonchev–Trinajstić information content (AvgIpc) is 2.83. The summed E-state index contributed by atoms with van der Waals surface area (Å²) in [5.74, 6) is -0.302. The Morgan fingerprint density at radius 1 is 1.24 bits per heavy atom. The Hall–Kier alpha value is -1.42. The van der Waals surface area contributed by atoms with E-state index in [0.717, 1.165) is 19.6 Å². The number of carbonyl (C=O) groups is 1. The summed E-state index contributed by atoms with van der Waals surface area (Å²) in [6.45, 7) is 3.01. The summed E-state index contributed by atoms with van der Waals surface area (Å²) in [6.07, 6.45) is 2.97. The first-order valence-electron chi connectivity index (χ1n) is 6.02. The Bertz CT molecular complexity index is 372. The summed E-state index contributed by atoms with van der Waals surface area (Å²) in [6, 6.07) is 5.83. The highest BCUT2D eigenvalue weighted by Gasteiger charge is 2.12. The van der Waals surface area contributed by atoms with Gasteiger partial charge in [0, 0.05) is 18.7 Å². The molecule has 3 nitrogen and oxygen atoms in total. The standard InChI is InChI=1S/C13H17FN2O/c14-11-3-5-12(6-4-11)15-13(17)7-10-16-8-1-2-9-16/h3-6H,1-2,7-10H2,(H,15,17). The van der Waals surface area contributed by atoms with Gasteiger partial charge in [-0.2, -0.15) is 0 Å². The van der Waals surface area contributed by atoms with Gasteiger partial charge in [0.15, 0.2) is 0 Å². The maximum Gasteiger partial charge on any atom is 0.225 e. The van der Waals surface area contributed by atoms with E-state index in [9.17, 15) is 9.18 Å². The molecule has 0 aliphatic carbocycles. The molecule has 0 aromatic heterocycles. The molecule has 0 atom stereocenters. The lowest BCUT2D eigenvalue weighted by molar-refractivity contribution is -0.116. The second kappa shape index (κ2) is 5.77. The van der Waals surface area contributed by atoms with Crippen LogP contribution in [0.2, 0.25) is 0 Å². The number of hydrogen-bond donors (Lipinski definition) is 1. The number of halogens is 1. The average molecular weight is 236 g/mol. The fourth-order valence-electron chi connectivity index (χ4n) is 2.02. The number of rotatable bonds is 4. The smallest absolute Gasteiger partial charge is 0.225 e. The molecule has 1 saturated heterocycles. The van der Waals surface area contributed by atoms with Crippen molar-refractivity contribution in [1.82, 2.24) is 4.90 Å². The second-order valence-corrected chi connectivity index (χ2v) is 4.35. The predicted molar refractivity (Wildman–Crippen MR) is 65.3 cm³/mol. The lowest BCUT2D eigenvalue weighted by Crippen LogP contribution is -2.25. The van der Waals surface area contributed by atoms with E-state index < -0.39 is 0 Å². The number of nitrogens with one attached hydrogen (secondary N) is 1. The summed E-state index contributed by atoms with van der Waals surface area (Å²) in [7, 11) is 0. The van der Waals surface area contributed by atoms with Gasteiger partial charge >= 0.3 is 0 Å². The number of anilines is 1. The molecular weight excluding hydrogens is 219 g/mol. The number of amides is 1. The normalized spacial score (nSPS) is 16.1. The summed E-state index contributed by atoms with van der Waals surface area (Å²) in [5, 5.41) is 2.76. The van der Waals surface area contributed by atoms with E-state index >= 15 is 0 Å². The fraction of sp³-hybridized carbons (Fsp3) is 0.462. The van der Waals surface area contributed by atoms with Crippen molar-refractivity contribution in [2.75, 3.05) is 25.0 Å². The van der Waals surface area contributed by atoms with Crippen LogP contribution in [0.1, 0.15) is 19.3 Å². The van der Waals surface area contributed by atoms with Gasteiger partial charge in [-0.3, -0.25) is 4.79 Å². The Morgan fingerprint density at radius 2 is 1.88 bits per heavy atom. The van der Waals surface area contributed by atoms with Crippen LogP contribution in [-0.4, -0.2) is 30.4 Å². The molecule has 1 N–H and O–H groups in total. The van der Waals surface area contributed by atoms with Crippen LogP contribution in [-0.2, 0) is 4.79 Å². The van der Waals surface area contributed by atoms with E-state index in [1.165, 1.54) is 25.0 Å². The minimum absolute atomic E-state index is 0.0106. The molecule has 1 amide bonds. The van der Waals surface area contributed by atoms with Gasteiger partial charge < -0.3 is 10.2 Å². The van der Waals surface area contributed by atoms with Crippen LogP contribution in [0, 0.1) is 5.82 Å². The molecule has 1 aromatic rings. The second-order valence-electron chi connectivity index (χ2n) is 4.35. The largest absolute Gasteiger partial charge is 0.326 e. The highest BCUT2D eigenvalue weighted by molar-refractivity contribution is 5.90. The zero-order valence-corrected chi connectivity index (χ0v) is 9.79. The third-order valence-corrected chi connectivity index (χ3v) is 2.98. The van der Waals surface area contributed by atoms with Crippen molar-refractivity contribution in [3.05, 3.63) is 30.1 Å². The molecule has 0 saturated carbocycles. The number of likely N-dealkylation sites (tertiary alicyclic amines) is 1. The van der Waals surface area contributed by atoms with Crippen LogP contribution in [0.15, 0.2) is 24.3 Å². The molecular formula is C13H17FN2O. The van der Waals surface area contributed by atoms with Crippen LogP contribution in [0.3, 0.4) is 0 Å². The Morgan fingerprint density at radius 3 is 2.53 bits per heavy atom. The summed E-state index contributed by atoms with van der Waals surface area (Å²) in [5.41, 5.74) is 0.651. The summed E-state index contributed by atoms with van der Waals surface area (Å²) < 4.78 is 12.7. The van der Waals surface area contributed by atoms with Gasteiger partial charge in [0.1, 0.15) is 5.82 Å². The molecule has 17 heavy (non-hydrogen) atoms. The van der Waals surface area contributed by atoms with Crippen molar-refractivity contribution in [3.8, 4) is 0 Å². The summed E-state index contributed by atoms with van der Waals surface area (Å²) >= 11 is 0. The van der Waals surface area contributed by atoms with E-state index in [1.54, 1.807) is 12.1 Å². The molecule has 1 fully saturated rings. The number of hydrogen-bond acceptors (Lipinski definition) is 2. The Labute approximate surface area is 101 Å². The molecule has 0 bridgehead atoms. The molecule has 0 spiro atoms. The number of carbonyl (C=O) groups excluding carboxylic acids is 1. The van der Waals surface area contributed by atoms with Gasteiger partial charge in [0.05, 0.1) is 0 Å². The molecule has 1 aliphatic rings. The van der Waals surface area contributed by atoms with E-state index in [4.69, 9.17) is 0 Å². The van der Waals surface area contributed by atoms with Gasteiger partial charge in [-0.25, -0.2) is 4.39 Å². The van der Waals surface area contributed by atoms with Gasteiger partial charge in [-0.1, -0.05) is 0 Å². The minimum atomic E-state index is -0.292. The molecule has 0 radical (unpaired) electrons. The Balaban J connectivity index is 1.74. The summed E-state index contributed by atoms with van der Waals surface area (Å²) in [4.78, 5) is 13.9. The van der Waals surface area contributed by atoms with Crippen molar-refractivity contribution in [1.29, 1.82) is 0 Å². The third kappa shape index (κ3) is 3.82. The first kappa shape index (κ1) is 12.0. The van der Waals surface area contributed by atoms with Crippen LogP contribution in [0.4, 0.5) is 10.1 Å². The number of benzene rings is 1. The minimum Gasteiger partial charge on any atom is -0.326 e. The molecule has 4 heteroatoms. The molecule has 0 unspecified atom stereocenters. The maximum atomic E-state index is 12.7. The van der Waals surface area contributed by atoms with Crippen molar-refractivity contribution >= 4 is 11.6 Å². The molecule has 2 rings (SSSR count). The van der Waals surface area contributed by atoms with E-state index in [0.29, 0.717) is 12.1 Å². The van der Waals surface area contributed by atoms with Crippen molar-refractivity contribution in [2.24, 2.45) is 0 Å². The van der Waals surface area contributed by atoms with Crippen LogP contribution in [0.5, 0.6) is 0 Å². The van der Waals surface area contributed by atoms with E-state index in [2.05, 4.69) is 10.2 Å². The zero-order valence-electron chi connectivity index (χ0n) is 9.79. The SMILES string of the molecule is O=C(CCN1CCCC1)Nc1ccc(F)cc1. The van der Waals surface area contributed by atoms with Crippen molar-refractivity contribution < 1.29 is 9.18 Å². The van der Waals surface area contributed by atoms with Gasteiger partial charge in [0.25, 0.3) is 0 Å². The van der Waals surface area contributed by atoms with Crippen molar-refractivity contribution in [2.45, 2.75) is 19.3 Å². The lowest BCUT2D eigenvalue weighted by atomic mass is 10.3. The molecule has 1 aromatic carbocycles. The molecule has 1 heterocycles. The maximum absolute atomic E-state index is 12.7. The van der Waals surface area contributed by atoms with E-state index in [1.807, 2.05) is 0 Å². The highest BCUT2D eigenvalue weighted by atomic mass is 19.1. The lowest BCUT2D eigenvalue weighted by Gasteiger charge is -2.13. The first-order chi connectivity index (χ1) is 8.24. The van der Waals surface area contributed by atoms with Crippen LogP contribution < -0.4 is 5.32 Å². The predicted octanol–water partition coefficient (Wildman–Crippen LogP) is 2.25. The fourth-order valence-corrected chi connectivity index (χ4v) is 2.02. The van der Waals surface area contributed by atoms with Gasteiger partial charge in [-0.15, -0.1) is 0 Å². The quantitative estimate of drug-likeness (QED) is 0.869. The molecule has 1 aliphatic heterocycles. The molecule has 92 valence electrons. The zero-order chi connectivity index (χ0) is 12.1. The third-order valence-electron chi connectivity index (χ3n) is 2.98. The number of nitrogens with zero attached hydrogens (tertiary/aromatic N) is 1. The first-order valence-corrected chi connectivity index (χ1v) is 6.02. The monoisotopic (exact) mass is 236 g/mol.